The number of carbonyl (C=O) groups is 4. The Morgan fingerprint density at radius 2 is 1.45 bits per heavy atom. The van der Waals surface area contributed by atoms with Gasteiger partial charge in [0.2, 0.25) is 22.2 Å². The van der Waals surface area contributed by atoms with Gasteiger partial charge >= 0.3 is 18.3 Å². The predicted molar refractivity (Wildman–Crippen MR) is 234 cm³/mol. The van der Waals surface area contributed by atoms with E-state index in [-0.39, 0.29) is 25.3 Å². The number of nitrogens with zero attached hydrogens (tertiary/aromatic N) is 1. The van der Waals surface area contributed by atoms with Gasteiger partial charge in [0.15, 0.2) is 6.29 Å². The number of aliphatic hydroxyl groups is 5. The monoisotopic (exact) mass is 970 g/mol. The van der Waals surface area contributed by atoms with Crippen LogP contribution in [0, 0.1) is 0 Å². The van der Waals surface area contributed by atoms with Crippen molar-refractivity contribution >= 4 is 34.2 Å². The quantitative estimate of drug-likeness (QED) is 0.0783. The number of sulfonamides is 1. The van der Waals surface area contributed by atoms with E-state index in [4.69, 9.17) is 33.2 Å². The molecule has 0 spiro atoms. The third-order valence-electron chi connectivity index (χ3n) is 9.98. The molecule has 4 amide bonds. The Balaban J connectivity index is 2.09. The lowest BCUT2D eigenvalue weighted by Crippen LogP contribution is -2.70. The van der Waals surface area contributed by atoms with Gasteiger partial charge in [-0.1, -0.05) is 0 Å². The van der Waals surface area contributed by atoms with Crippen LogP contribution >= 0.6 is 0 Å². The molecule has 0 aromatic rings. The molecule has 0 aromatic heterocycles. The van der Waals surface area contributed by atoms with E-state index in [1.165, 1.54) is 20.9 Å². The minimum absolute atomic E-state index is 0.00655. The van der Waals surface area contributed by atoms with E-state index in [9.17, 15) is 53.1 Å². The minimum atomic E-state index is -4.40. The van der Waals surface area contributed by atoms with Gasteiger partial charge < -0.3 is 84.9 Å². The molecule has 3 rings (SSSR count). The number of likely N-dealkylation sites (N-methyl/N-ethyl adjacent to an activating group) is 1. The highest BCUT2D eigenvalue weighted by atomic mass is 32.2. The molecule has 2 fully saturated rings. The van der Waals surface area contributed by atoms with Gasteiger partial charge in [0.05, 0.1) is 55.8 Å². The molecule has 0 radical (unpaired) electrons. The molecule has 10 N–H and O–H groups in total. The lowest BCUT2D eigenvalue weighted by Gasteiger charge is -2.50. The van der Waals surface area contributed by atoms with Crippen molar-refractivity contribution in [3.63, 3.8) is 0 Å². The maximum absolute atomic E-state index is 13.8. The van der Waals surface area contributed by atoms with Crippen molar-refractivity contribution in [3.05, 3.63) is 11.8 Å². The fourth-order valence-electron chi connectivity index (χ4n) is 7.34. The number of hydrogen-bond acceptors (Lipinski definition) is 19. The van der Waals surface area contributed by atoms with E-state index >= 15 is 0 Å². The van der Waals surface area contributed by atoms with Crippen LogP contribution in [0.4, 0.5) is 14.4 Å². The van der Waals surface area contributed by atoms with Crippen molar-refractivity contribution in [2.45, 2.75) is 179 Å². The van der Waals surface area contributed by atoms with Crippen molar-refractivity contribution < 1.29 is 86.3 Å². The first kappa shape index (κ1) is 56.7. The third-order valence-corrected chi connectivity index (χ3v) is 11.4. The van der Waals surface area contributed by atoms with Crippen molar-refractivity contribution in [1.29, 1.82) is 0 Å². The number of alkyl carbamates (subject to hydrolysis) is 2. The van der Waals surface area contributed by atoms with Crippen molar-refractivity contribution in [2.24, 2.45) is 0 Å². The van der Waals surface area contributed by atoms with E-state index in [1.807, 2.05) is 0 Å². The molecule has 0 aromatic carbocycles. The van der Waals surface area contributed by atoms with Crippen LogP contribution in [0.1, 0.15) is 89.0 Å². The Morgan fingerprint density at radius 1 is 0.879 bits per heavy atom. The number of amides is 4. The van der Waals surface area contributed by atoms with Gasteiger partial charge in [-0.15, -0.1) is 0 Å². The topological polar surface area (TPSA) is 332 Å². The molecule has 2 heterocycles. The fraction of sp³-hybridized carbons (Fsp3) is 0.854. The third kappa shape index (κ3) is 18.1. The zero-order valence-electron chi connectivity index (χ0n) is 40.0. The summed E-state index contributed by atoms with van der Waals surface area (Å²) in [5, 5.41) is 65.4. The van der Waals surface area contributed by atoms with Crippen LogP contribution in [0.25, 0.3) is 0 Å². The zero-order valence-corrected chi connectivity index (χ0v) is 40.8. The highest BCUT2D eigenvalue weighted by Crippen LogP contribution is 2.35. The lowest BCUT2D eigenvalue weighted by molar-refractivity contribution is -0.311. The summed E-state index contributed by atoms with van der Waals surface area (Å²) < 4.78 is 70.9. The first-order valence-corrected chi connectivity index (χ1v) is 23.4. The first-order valence-electron chi connectivity index (χ1n) is 21.8. The van der Waals surface area contributed by atoms with Gasteiger partial charge in [-0.3, -0.25) is 4.79 Å². The number of hydrogen-bond donors (Lipinski definition) is 10. The molecular formula is C41H74N6O18S. The van der Waals surface area contributed by atoms with Gasteiger partial charge in [-0.2, -0.15) is 0 Å². The minimum Gasteiger partial charge on any atom is -0.466 e. The standard InChI is InChI=1S/C41H74N6O18S/c1-22(49)44-25-14-13-24(19-42-18-23(50)20-48)60-33(25)61-30-26(45-36(54)64-39(5,6)7)17-27(46-66(57,58)16-15-43-35(53)63-38(2,3)4)31(28(30)51)62-34-29(52)32(41(11,56)21-59-34)47(12)37(55)65-40(8,9)10/h13,23,25-34,42,46,48,50-52,56H,14-21H2,1-12H3,(H,43,53)(H,44,49)(H,45,54)/t23?,25-,26+,27-,28+,29-,30-,31+,32-,33-,34-,41+/m1/s1. The molecule has 1 saturated carbocycles. The summed E-state index contributed by atoms with van der Waals surface area (Å²) in [4.78, 5) is 52.3. The van der Waals surface area contributed by atoms with Crippen LogP contribution in [0.3, 0.4) is 0 Å². The van der Waals surface area contributed by atoms with Gasteiger partial charge in [-0.05, 0) is 88.2 Å². The first-order chi connectivity index (χ1) is 30.2. The summed E-state index contributed by atoms with van der Waals surface area (Å²) in [5.41, 5.74) is -4.74. The molecule has 66 heavy (non-hydrogen) atoms. The molecule has 2 aliphatic heterocycles. The summed E-state index contributed by atoms with van der Waals surface area (Å²) in [6.07, 6.45) is -12.7. The maximum atomic E-state index is 13.8. The summed E-state index contributed by atoms with van der Waals surface area (Å²) in [6, 6.07) is -5.10. The average molecular weight is 971 g/mol. The molecule has 1 saturated heterocycles. The highest BCUT2D eigenvalue weighted by Gasteiger charge is 2.55. The predicted octanol–water partition coefficient (Wildman–Crippen LogP) is -0.991. The average Bonchev–Trinajstić information content (AvgIpc) is 3.13. The molecule has 382 valence electrons. The highest BCUT2D eigenvalue weighted by molar-refractivity contribution is 7.89. The normalized spacial score (nSPS) is 30.2. The summed E-state index contributed by atoms with van der Waals surface area (Å²) in [7, 11) is -3.12. The van der Waals surface area contributed by atoms with E-state index in [0.29, 0.717) is 0 Å². The molecule has 25 heteroatoms. The largest absolute Gasteiger partial charge is 0.466 e. The Kier molecular flexibility index (Phi) is 19.9. The van der Waals surface area contributed by atoms with Crippen molar-refractivity contribution in [3.8, 4) is 0 Å². The molecular weight excluding hydrogens is 897 g/mol. The van der Waals surface area contributed by atoms with Crippen LogP contribution in [0.15, 0.2) is 11.8 Å². The van der Waals surface area contributed by atoms with Gasteiger partial charge in [0.1, 0.15) is 52.6 Å². The lowest BCUT2D eigenvalue weighted by atomic mass is 9.83. The van der Waals surface area contributed by atoms with E-state index in [1.54, 1.807) is 68.4 Å². The van der Waals surface area contributed by atoms with E-state index in [2.05, 4.69) is 26.0 Å². The van der Waals surface area contributed by atoms with Crippen molar-refractivity contribution in [1.82, 2.24) is 30.9 Å². The fourth-order valence-corrected chi connectivity index (χ4v) is 8.52. The number of carbonyl (C=O) groups excluding carboxylic acids is 4. The second kappa shape index (κ2) is 23.1. The molecule has 0 bridgehead atoms. The van der Waals surface area contributed by atoms with Crippen LogP contribution in [0.5, 0.6) is 0 Å². The Morgan fingerprint density at radius 3 is 2.03 bits per heavy atom. The van der Waals surface area contributed by atoms with Crippen LogP contribution < -0.4 is 26.0 Å². The molecule has 24 nitrogen and oxygen atoms in total. The number of ether oxygens (including phenoxy) is 7. The number of aliphatic hydroxyl groups excluding tert-OH is 4. The molecule has 12 atom stereocenters. The van der Waals surface area contributed by atoms with E-state index < -0.39 is 156 Å². The molecule has 1 unspecified atom stereocenters. The van der Waals surface area contributed by atoms with Crippen LogP contribution in [0.2, 0.25) is 0 Å². The van der Waals surface area contributed by atoms with Crippen molar-refractivity contribution in [2.75, 3.05) is 45.6 Å². The Labute approximate surface area is 386 Å². The second-order valence-electron chi connectivity index (χ2n) is 19.9. The zero-order chi connectivity index (χ0) is 50.2. The summed E-state index contributed by atoms with van der Waals surface area (Å²) >= 11 is 0. The van der Waals surface area contributed by atoms with Crippen LogP contribution in [-0.2, 0) is 48.0 Å². The number of rotatable bonds is 17. The Bertz CT molecular complexity index is 1780. The second-order valence-corrected chi connectivity index (χ2v) is 21.8. The molecule has 1 aliphatic carbocycles. The molecule has 3 aliphatic rings. The maximum Gasteiger partial charge on any atom is 0.410 e. The van der Waals surface area contributed by atoms with Gasteiger partial charge in [0, 0.05) is 27.1 Å². The van der Waals surface area contributed by atoms with Crippen LogP contribution in [-0.4, -0.2) is 198 Å². The van der Waals surface area contributed by atoms with Gasteiger partial charge in [-0.25, -0.2) is 27.5 Å². The van der Waals surface area contributed by atoms with Gasteiger partial charge in [0.25, 0.3) is 0 Å². The van der Waals surface area contributed by atoms with E-state index in [0.717, 1.165) is 4.90 Å². The Hall–Kier alpha value is -3.63. The smallest absolute Gasteiger partial charge is 0.410 e. The summed E-state index contributed by atoms with van der Waals surface area (Å²) in [5.74, 6) is -0.873. The number of nitrogens with one attached hydrogen (secondary N) is 5. The summed E-state index contributed by atoms with van der Waals surface area (Å²) in [6.45, 7) is 15.8. The SMILES string of the molecule is CC(=O)N[C@@H]1CC=C(CNCC(O)CO)O[C@@H]1O[C@H]1[C@H](O)[C@@H](O[C@H]2OC[C@](C)(O)[C@H](N(C)C(=O)OC(C)(C)C)[C@H]2O)[C@H](NS(=O)(=O)CCNC(=O)OC(C)(C)C)C[C@@H]1NC(=O)OC(C)(C)C.